The van der Waals surface area contributed by atoms with Gasteiger partial charge in [-0.15, -0.1) is 0 Å². The topological polar surface area (TPSA) is 9.72 Å². The van der Waals surface area contributed by atoms with Gasteiger partial charge in [0.2, 0.25) is 0 Å². The maximum absolute atomic E-state index is 2.48. The maximum atomic E-state index is 2.48. The Labute approximate surface area is 585 Å². The van der Waals surface area contributed by atoms with E-state index in [1.54, 1.807) is 0 Å². The van der Waals surface area contributed by atoms with Gasteiger partial charge in [-0.3, -0.25) is 0 Å². The molecule has 1 spiro atoms. The first-order valence-electron chi connectivity index (χ1n) is 34.4. The van der Waals surface area contributed by atoms with Crippen LogP contribution in [0.1, 0.15) is 22.3 Å². The molecule has 3 heteroatoms. The Hall–Kier alpha value is -13.1. The molecule has 0 unspecified atom stereocenters. The van der Waals surface area contributed by atoms with Crippen molar-refractivity contribution in [1.29, 1.82) is 0 Å². The van der Waals surface area contributed by atoms with Crippen LogP contribution in [0.4, 0.5) is 51.2 Å². The van der Waals surface area contributed by atoms with E-state index in [0.29, 0.717) is 0 Å². The highest BCUT2D eigenvalue weighted by atomic mass is 15.2. The zero-order valence-electron chi connectivity index (χ0n) is 55.0. The smallest absolute Gasteiger partial charge is 0.0725 e. The van der Waals surface area contributed by atoms with Gasteiger partial charge in [0.05, 0.1) is 5.41 Å². The highest BCUT2D eigenvalue weighted by Crippen LogP contribution is 2.65. The fourth-order valence-electron chi connectivity index (χ4n) is 15.5. The van der Waals surface area contributed by atoms with Crippen molar-refractivity contribution in [2.24, 2.45) is 0 Å². The molecule has 0 aliphatic heterocycles. The Morgan fingerprint density at radius 1 is 0.130 bits per heavy atom. The third kappa shape index (κ3) is 10.7. The maximum Gasteiger partial charge on any atom is 0.0725 e. The van der Waals surface area contributed by atoms with Crippen molar-refractivity contribution in [2.45, 2.75) is 5.41 Å². The van der Waals surface area contributed by atoms with E-state index in [2.05, 4.69) is 421 Å². The van der Waals surface area contributed by atoms with Gasteiger partial charge in [0.25, 0.3) is 0 Å². The largest absolute Gasteiger partial charge is 0.310 e. The molecule has 16 aromatic carbocycles. The first kappa shape index (κ1) is 59.4. The van der Waals surface area contributed by atoms with Gasteiger partial charge in [0.1, 0.15) is 0 Å². The molecule has 0 bridgehead atoms. The quantitative estimate of drug-likeness (QED) is 0.101. The fraction of sp³-hybridized carbons (Fsp3) is 0.0103. The van der Waals surface area contributed by atoms with Crippen molar-refractivity contribution in [3.05, 3.63) is 429 Å². The van der Waals surface area contributed by atoms with Gasteiger partial charge >= 0.3 is 0 Å². The lowest BCUT2D eigenvalue weighted by Crippen LogP contribution is -2.26. The van der Waals surface area contributed by atoms with E-state index in [1.807, 2.05) is 0 Å². The van der Waals surface area contributed by atoms with Crippen LogP contribution in [0.25, 0.3) is 89.0 Å². The summed E-state index contributed by atoms with van der Waals surface area (Å²) in [6.07, 6.45) is 0. The van der Waals surface area contributed by atoms with E-state index in [9.17, 15) is 0 Å². The van der Waals surface area contributed by atoms with Gasteiger partial charge in [0.15, 0.2) is 0 Å². The SMILES string of the molecule is c1ccc(-c2ccc(N(c3ccc(-c4ccccc4)cc3)c3ccc4c(c3)-c3ccccc3C43c4ccc(N(c5ccc(-c6ccccc6)cc5)c5ccc(-c6ccccc6)cc5)cc4-c4cc(N(c5ccc(-c6ccccc6)cc5)c5ccc(-c6ccccc6)cc5)ccc43)cc2)cc1. The van der Waals surface area contributed by atoms with E-state index >= 15 is 0 Å². The minimum absolute atomic E-state index is 0.690. The van der Waals surface area contributed by atoms with E-state index in [1.165, 1.54) is 111 Å². The molecule has 2 aliphatic rings. The number of benzene rings is 16. The average Bonchev–Trinajstić information content (AvgIpc) is 1.51. The predicted octanol–water partition coefficient (Wildman–Crippen LogP) is 26.4. The summed E-state index contributed by atoms with van der Waals surface area (Å²) in [6, 6.07) is 149. The van der Waals surface area contributed by atoms with Crippen molar-refractivity contribution < 1.29 is 0 Å². The van der Waals surface area contributed by atoms with Gasteiger partial charge in [-0.05, 0) is 220 Å². The van der Waals surface area contributed by atoms with Crippen LogP contribution in [-0.2, 0) is 5.41 Å². The highest BCUT2D eigenvalue weighted by molar-refractivity contribution is 6.00. The standard InChI is InChI=1S/C97H67N3/c1-7-21-68(22-8-1)74-35-47-80(48-36-74)98(81-49-37-75(38-50-81)69-23-9-2-10-24-69)86-59-62-94-90(65-86)89-33-19-20-34-93(89)97(94)95-63-60-87(99(82-51-39-76(40-52-82)70-25-11-3-12-26-70)83-53-41-77(42-54-83)71-27-13-4-14-28-71)66-91(95)92-67-88(61-64-96(92)97)100(84-55-43-78(44-56-84)72-29-15-5-16-30-72)85-57-45-79(46-58-85)73-31-17-6-18-32-73/h1-67H. The Morgan fingerprint density at radius 2 is 0.300 bits per heavy atom. The molecule has 0 saturated heterocycles. The summed E-state index contributed by atoms with van der Waals surface area (Å²) in [6.45, 7) is 0. The van der Waals surface area contributed by atoms with Crippen LogP contribution in [0.3, 0.4) is 0 Å². The van der Waals surface area contributed by atoms with E-state index in [-0.39, 0.29) is 0 Å². The number of hydrogen-bond acceptors (Lipinski definition) is 3. The molecule has 0 amide bonds. The summed E-state index contributed by atoms with van der Waals surface area (Å²) < 4.78 is 0. The number of rotatable bonds is 15. The third-order valence-corrected chi connectivity index (χ3v) is 20.3. The lowest BCUT2D eigenvalue weighted by molar-refractivity contribution is 0.793. The zero-order chi connectivity index (χ0) is 66.4. The lowest BCUT2D eigenvalue weighted by atomic mass is 9.70. The van der Waals surface area contributed by atoms with Crippen LogP contribution >= 0.6 is 0 Å². The second-order valence-corrected chi connectivity index (χ2v) is 26.0. The molecule has 0 heterocycles. The van der Waals surface area contributed by atoms with E-state index in [4.69, 9.17) is 0 Å². The van der Waals surface area contributed by atoms with Gasteiger partial charge in [0, 0.05) is 51.2 Å². The molecule has 0 aromatic heterocycles. The van der Waals surface area contributed by atoms with Crippen molar-refractivity contribution >= 4 is 51.2 Å². The molecule has 18 rings (SSSR count). The minimum atomic E-state index is -0.690. The van der Waals surface area contributed by atoms with Crippen molar-refractivity contribution in [3.8, 4) is 89.0 Å². The summed E-state index contributed by atoms with van der Waals surface area (Å²) in [5.41, 5.74) is 32.9. The second kappa shape index (κ2) is 25.5. The summed E-state index contributed by atoms with van der Waals surface area (Å²) in [4.78, 5) is 7.29. The first-order valence-corrected chi connectivity index (χ1v) is 34.4. The monoisotopic (exact) mass is 1270 g/mol. The van der Waals surface area contributed by atoms with Crippen LogP contribution in [0.2, 0.25) is 0 Å². The molecule has 470 valence electrons. The molecule has 100 heavy (non-hydrogen) atoms. The zero-order valence-corrected chi connectivity index (χ0v) is 55.0. The van der Waals surface area contributed by atoms with E-state index in [0.717, 1.165) is 51.2 Å². The third-order valence-electron chi connectivity index (χ3n) is 20.3. The Bertz CT molecular complexity index is 5100. The molecule has 0 fully saturated rings. The fourth-order valence-corrected chi connectivity index (χ4v) is 15.5. The number of nitrogens with zero attached hydrogens (tertiary/aromatic N) is 3. The molecule has 0 N–H and O–H groups in total. The van der Waals surface area contributed by atoms with E-state index < -0.39 is 5.41 Å². The predicted molar refractivity (Wildman–Crippen MR) is 419 cm³/mol. The summed E-state index contributed by atoms with van der Waals surface area (Å²) in [5, 5.41) is 0. The molecule has 2 aliphatic carbocycles. The van der Waals surface area contributed by atoms with Crippen molar-refractivity contribution in [2.75, 3.05) is 14.7 Å². The molecule has 0 radical (unpaired) electrons. The Balaban J connectivity index is 0.838. The molecule has 16 aromatic rings. The van der Waals surface area contributed by atoms with Crippen LogP contribution in [0, 0.1) is 0 Å². The second-order valence-electron chi connectivity index (χ2n) is 26.0. The molecule has 3 nitrogen and oxygen atoms in total. The van der Waals surface area contributed by atoms with Crippen molar-refractivity contribution in [1.82, 2.24) is 0 Å². The van der Waals surface area contributed by atoms with Gasteiger partial charge in [-0.2, -0.15) is 0 Å². The van der Waals surface area contributed by atoms with Crippen LogP contribution < -0.4 is 14.7 Å². The van der Waals surface area contributed by atoms with Gasteiger partial charge < -0.3 is 14.7 Å². The summed E-state index contributed by atoms with van der Waals surface area (Å²) in [5.74, 6) is 0. The number of hydrogen-bond donors (Lipinski definition) is 0. The minimum Gasteiger partial charge on any atom is -0.310 e. The number of anilines is 9. The summed E-state index contributed by atoms with van der Waals surface area (Å²) in [7, 11) is 0. The van der Waals surface area contributed by atoms with Crippen molar-refractivity contribution in [3.63, 3.8) is 0 Å². The number of fused-ring (bicyclic) bond motifs is 10. The molecule has 0 saturated carbocycles. The lowest BCUT2D eigenvalue weighted by Gasteiger charge is -2.32. The molecular formula is C97H67N3. The summed E-state index contributed by atoms with van der Waals surface area (Å²) >= 11 is 0. The van der Waals surface area contributed by atoms with Gasteiger partial charge in [-0.25, -0.2) is 0 Å². The van der Waals surface area contributed by atoms with Gasteiger partial charge in [-0.1, -0.05) is 297 Å². The van der Waals surface area contributed by atoms with Crippen LogP contribution in [0.5, 0.6) is 0 Å². The Morgan fingerprint density at radius 3 is 0.530 bits per heavy atom. The molecule has 0 atom stereocenters. The van der Waals surface area contributed by atoms with Crippen LogP contribution in [0.15, 0.2) is 406 Å². The van der Waals surface area contributed by atoms with Crippen LogP contribution in [-0.4, -0.2) is 0 Å². The Kier molecular flexibility index (Phi) is 15.1. The first-order chi connectivity index (χ1) is 49.6. The highest BCUT2D eigenvalue weighted by Gasteiger charge is 2.52. The normalized spacial score (nSPS) is 12.1. The average molecular weight is 1270 g/mol. The molecular weight excluding hydrogens is 1210 g/mol.